The number of rotatable bonds is 5. The van der Waals surface area contributed by atoms with Crippen LogP contribution in [0.3, 0.4) is 0 Å². The minimum Gasteiger partial charge on any atom is -0.456 e. The molecule has 0 aliphatic carbocycles. The van der Waals surface area contributed by atoms with Gasteiger partial charge in [0.05, 0.1) is 10.5 Å². The summed E-state index contributed by atoms with van der Waals surface area (Å²) in [4.78, 5) is 23.4. The maximum atomic E-state index is 12.5. The van der Waals surface area contributed by atoms with Crippen molar-refractivity contribution in [3.05, 3.63) is 86.7 Å². The highest BCUT2D eigenvalue weighted by atomic mass is 16.6. The third kappa shape index (κ3) is 4.45. The van der Waals surface area contributed by atoms with Gasteiger partial charge in [0.2, 0.25) is 0 Å². The van der Waals surface area contributed by atoms with Gasteiger partial charge in [-0.25, -0.2) is 0 Å². The van der Waals surface area contributed by atoms with E-state index in [4.69, 9.17) is 4.42 Å². The summed E-state index contributed by atoms with van der Waals surface area (Å²) in [5.74, 6) is -0.0434. The summed E-state index contributed by atoms with van der Waals surface area (Å²) in [7, 11) is 0. The van der Waals surface area contributed by atoms with Crippen LogP contribution >= 0.6 is 0 Å². The third-order valence-electron chi connectivity index (χ3n) is 4.54. The Balaban J connectivity index is 1.89. The molecule has 7 heteroatoms. The van der Waals surface area contributed by atoms with Crippen molar-refractivity contribution >= 4 is 23.4 Å². The topological polar surface area (TPSA) is 109 Å². The lowest BCUT2D eigenvalue weighted by atomic mass is 10.1. The molecular formula is C23H19N3O4. The molecule has 1 heterocycles. The van der Waals surface area contributed by atoms with Crippen molar-refractivity contribution < 1.29 is 14.1 Å². The molecule has 3 aromatic rings. The van der Waals surface area contributed by atoms with Crippen molar-refractivity contribution in [2.45, 2.75) is 20.8 Å². The molecule has 0 spiro atoms. The van der Waals surface area contributed by atoms with Gasteiger partial charge < -0.3 is 9.73 Å². The Bertz CT molecular complexity index is 1220. The number of aryl methyl sites for hydroxylation is 3. The van der Waals surface area contributed by atoms with E-state index in [0.717, 1.165) is 16.7 Å². The van der Waals surface area contributed by atoms with Gasteiger partial charge in [0.1, 0.15) is 23.2 Å². The number of nitro benzene ring substituents is 1. The monoisotopic (exact) mass is 401 g/mol. The Kier molecular flexibility index (Phi) is 5.79. The molecule has 0 saturated heterocycles. The molecule has 30 heavy (non-hydrogen) atoms. The van der Waals surface area contributed by atoms with E-state index in [1.807, 2.05) is 38.1 Å². The van der Waals surface area contributed by atoms with Crippen LogP contribution in [0.2, 0.25) is 0 Å². The number of carbonyl (C=O) groups excluding carboxylic acids is 1. The number of nitrogens with one attached hydrogen (secondary N) is 1. The highest BCUT2D eigenvalue weighted by molar-refractivity contribution is 6.09. The number of furan rings is 1. The number of nitrogens with zero attached hydrogens (tertiary/aromatic N) is 2. The second-order valence-corrected chi connectivity index (χ2v) is 6.92. The van der Waals surface area contributed by atoms with Crippen LogP contribution in [-0.2, 0) is 4.79 Å². The fourth-order valence-corrected chi connectivity index (χ4v) is 2.93. The Morgan fingerprint density at radius 3 is 2.50 bits per heavy atom. The van der Waals surface area contributed by atoms with Gasteiger partial charge >= 0.3 is 0 Å². The molecule has 0 radical (unpaired) electrons. The highest BCUT2D eigenvalue weighted by Gasteiger charge is 2.19. The van der Waals surface area contributed by atoms with E-state index in [9.17, 15) is 20.2 Å². The number of nitriles is 1. The lowest BCUT2D eigenvalue weighted by Crippen LogP contribution is -2.14. The normalized spacial score (nSPS) is 11.1. The predicted octanol–water partition coefficient (Wildman–Crippen LogP) is 5.33. The lowest BCUT2D eigenvalue weighted by molar-refractivity contribution is -0.384. The van der Waals surface area contributed by atoms with Gasteiger partial charge in [0, 0.05) is 17.8 Å². The molecule has 150 valence electrons. The fourth-order valence-electron chi connectivity index (χ4n) is 2.93. The fraction of sp³-hybridized carbons (Fsp3) is 0.130. The van der Waals surface area contributed by atoms with Crippen LogP contribution in [0.1, 0.15) is 22.5 Å². The predicted molar refractivity (Wildman–Crippen MR) is 114 cm³/mol. The largest absolute Gasteiger partial charge is 0.456 e. The number of hydrogen-bond donors (Lipinski definition) is 1. The van der Waals surface area contributed by atoms with E-state index in [-0.39, 0.29) is 22.8 Å². The summed E-state index contributed by atoms with van der Waals surface area (Å²) in [5.41, 5.74) is 3.34. The first-order chi connectivity index (χ1) is 14.3. The average molecular weight is 401 g/mol. The molecule has 0 atom stereocenters. The Hall–Kier alpha value is -4.18. The number of anilines is 1. The molecule has 0 aliphatic rings. The van der Waals surface area contributed by atoms with E-state index in [1.54, 1.807) is 31.2 Å². The van der Waals surface area contributed by atoms with Crippen LogP contribution in [0.15, 0.2) is 58.5 Å². The smallest absolute Gasteiger partial charge is 0.280 e. The van der Waals surface area contributed by atoms with Gasteiger partial charge in [0.15, 0.2) is 0 Å². The molecule has 0 bridgehead atoms. The van der Waals surface area contributed by atoms with Crippen LogP contribution in [0.4, 0.5) is 11.4 Å². The summed E-state index contributed by atoms with van der Waals surface area (Å²) in [5, 5.41) is 23.5. The zero-order valence-electron chi connectivity index (χ0n) is 16.7. The van der Waals surface area contributed by atoms with Crippen molar-refractivity contribution in [1.29, 1.82) is 5.26 Å². The number of amides is 1. The SMILES string of the molecule is Cc1ccc(C)c(NC(=O)/C(C#N)=C/c2ccc(-c3ccc(C)cc3[N+](=O)[O-])o2)c1. The third-order valence-corrected chi connectivity index (χ3v) is 4.54. The van der Waals surface area contributed by atoms with Crippen LogP contribution in [-0.4, -0.2) is 10.8 Å². The molecule has 0 fully saturated rings. The number of carbonyl (C=O) groups is 1. The Labute approximate surface area is 173 Å². The molecule has 0 aliphatic heterocycles. The molecule has 1 aromatic heterocycles. The van der Waals surface area contributed by atoms with Gasteiger partial charge in [-0.05, 0) is 61.7 Å². The summed E-state index contributed by atoms with van der Waals surface area (Å²) >= 11 is 0. The zero-order chi connectivity index (χ0) is 21.8. The molecule has 1 amide bonds. The van der Waals surface area contributed by atoms with Crippen LogP contribution in [0.5, 0.6) is 0 Å². The minimum atomic E-state index is -0.564. The average Bonchev–Trinajstić information content (AvgIpc) is 3.17. The summed E-state index contributed by atoms with van der Waals surface area (Å²) < 4.78 is 5.66. The maximum Gasteiger partial charge on any atom is 0.280 e. The van der Waals surface area contributed by atoms with E-state index < -0.39 is 10.8 Å². The molecule has 0 saturated carbocycles. The first-order valence-electron chi connectivity index (χ1n) is 9.14. The summed E-state index contributed by atoms with van der Waals surface area (Å²) in [6, 6.07) is 15.5. The van der Waals surface area contributed by atoms with Crippen molar-refractivity contribution in [2.24, 2.45) is 0 Å². The second kappa shape index (κ2) is 8.45. The second-order valence-electron chi connectivity index (χ2n) is 6.92. The number of nitro groups is 1. The van der Waals surface area contributed by atoms with Crippen LogP contribution in [0.25, 0.3) is 17.4 Å². The van der Waals surface area contributed by atoms with Crippen LogP contribution in [0, 0.1) is 42.2 Å². The molecule has 7 nitrogen and oxygen atoms in total. The highest BCUT2D eigenvalue weighted by Crippen LogP contribution is 2.32. The first-order valence-corrected chi connectivity index (χ1v) is 9.14. The van der Waals surface area contributed by atoms with Crippen LogP contribution < -0.4 is 5.32 Å². The summed E-state index contributed by atoms with van der Waals surface area (Å²) in [6.07, 6.45) is 1.31. The molecule has 1 N–H and O–H groups in total. The van der Waals surface area contributed by atoms with E-state index in [2.05, 4.69) is 5.32 Å². The summed E-state index contributed by atoms with van der Waals surface area (Å²) in [6.45, 7) is 5.53. The van der Waals surface area contributed by atoms with E-state index >= 15 is 0 Å². The van der Waals surface area contributed by atoms with Gasteiger partial charge in [-0.15, -0.1) is 0 Å². The number of hydrogen-bond acceptors (Lipinski definition) is 5. The standard InChI is InChI=1S/C23H19N3O4/c1-14-4-6-16(3)20(10-14)25-23(27)17(13-24)12-18-7-9-22(30-18)19-8-5-15(2)11-21(19)26(28)29/h4-12H,1-3H3,(H,25,27)/b17-12+. The molecule has 2 aromatic carbocycles. The van der Waals surface area contributed by atoms with Crippen molar-refractivity contribution in [3.8, 4) is 17.4 Å². The van der Waals surface area contributed by atoms with Gasteiger partial charge in [-0.1, -0.05) is 18.2 Å². The quantitative estimate of drug-likeness (QED) is 0.269. The number of benzene rings is 2. The zero-order valence-corrected chi connectivity index (χ0v) is 16.7. The first kappa shape index (κ1) is 20.6. The van der Waals surface area contributed by atoms with Crippen molar-refractivity contribution in [3.63, 3.8) is 0 Å². The Morgan fingerprint density at radius 2 is 1.80 bits per heavy atom. The molecule has 0 unspecified atom stereocenters. The molecule has 3 rings (SSSR count). The van der Waals surface area contributed by atoms with E-state index in [1.165, 1.54) is 12.1 Å². The van der Waals surface area contributed by atoms with Crippen molar-refractivity contribution in [1.82, 2.24) is 0 Å². The minimum absolute atomic E-state index is 0.0759. The lowest BCUT2D eigenvalue weighted by Gasteiger charge is -2.08. The van der Waals surface area contributed by atoms with Gasteiger partial charge in [0.25, 0.3) is 11.6 Å². The maximum absolute atomic E-state index is 12.5. The van der Waals surface area contributed by atoms with E-state index in [0.29, 0.717) is 11.3 Å². The van der Waals surface area contributed by atoms with Gasteiger partial charge in [-0.2, -0.15) is 5.26 Å². The molecular weight excluding hydrogens is 382 g/mol. The van der Waals surface area contributed by atoms with Gasteiger partial charge in [-0.3, -0.25) is 14.9 Å². The van der Waals surface area contributed by atoms with Crippen molar-refractivity contribution in [2.75, 3.05) is 5.32 Å². The Morgan fingerprint density at radius 1 is 1.10 bits per heavy atom.